The molecular weight excluding hydrogens is 1170 g/mol. The quantitative estimate of drug-likeness (QED) is 0.0160. The first-order chi connectivity index (χ1) is 33.6. The Labute approximate surface area is 430 Å². The zero-order valence-corrected chi connectivity index (χ0v) is 40.8. The molecule has 378 valence electrons. The van der Waals surface area contributed by atoms with Crippen molar-refractivity contribution in [3.63, 3.8) is 0 Å². The number of hydrogen-bond donors (Lipinski definition) is 4. The number of urea groups is 4. The maximum Gasteiger partial charge on any atom is 0.433 e. The normalized spacial score (nSPS) is 16.4. The van der Waals surface area contributed by atoms with E-state index in [0.29, 0.717) is 12.8 Å². The monoisotopic (exact) mass is 1190 g/mol. The number of halogens is 3. The summed E-state index contributed by atoms with van der Waals surface area (Å²) in [6.07, 6.45) is 6.59. The van der Waals surface area contributed by atoms with E-state index < -0.39 is 75.0 Å². The summed E-state index contributed by atoms with van der Waals surface area (Å²) < 4.78 is 5.75. The van der Waals surface area contributed by atoms with Crippen LogP contribution in [-0.4, -0.2) is 175 Å². The van der Waals surface area contributed by atoms with Crippen molar-refractivity contribution in [1.82, 2.24) is 45.2 Å². The molecular formula is C36H31Br3N17O16-. The Balaban J connectivity index is 0.000000455. The maximum absolute atomic E-state index is 11.3. The van der Waals surface area contributed by atoms with Crippen molar-refractivity contribution < 1.29 is 88.7 Å². The van der Waals surface area contributed by atoms with Crippen LogP contribution in [0.25, 0.3) is 14.5 Å². The predicted molar refractivity (Wildman–Crippen MR) is 240 cm³/mol. The number of amides is 14. The van der Waals surface area contributed by atoms with Crippen LogP contribution in [0.3, 0.4) is 0 Å². The van der Waals surface area contributed by atoms with Gasteiger partial charge >= 0.3 is 30.0 Å². The first-order valence-corrected chi connectivity index (χ1v) is 20.5. The molecule has 1 atom stereocenters. The van der Waals surface area contributed by atoms with Gasteiger partial charge in [0, 0.05) is 12.8 Å². The fourth-order valence-electron chi connectivity index (χ4n) is 4.31. The number of carbonyl (C=O) groups is 13. The van der Waals surface area contributed by atoms with Gasteiger partial charge in [-0.2, -0.15) is 20.4 Å². The Morgan fingerprint density at radius 2 is 1.17 bits per heavy atom. The number of rotatable bonds is 14. The molecule has 1 aromatic rings. The second-order valence-electron chi connectivity index (χ2n) is 12.8. The van der Waals surface area contributed by atoms with E-state index in [1.807, 2.05) is 21.3 Å². The summed E-state index contributed by atoms with van der Waals surface area (Å²) in [5.74, 6) is -3.75. The van der Waals surface area contributed by atoms with Gasteiger partial charge in [-0.3, -0.25) is 74.5 Å². The van der Waals surface area contributed by atoms with Crippen LogP contribution >= 0.6 is 32.1 Å². The highest BCUT2D eigenvalue weighted by molar-refractivity contribution is 9.10. The van der Waals surface area contributed by atoms with E-state index in [9.17, 15) is 72.4 Å². The Morgan fingerprint density at radius 1 is 0.722 bits per heavy atom. The van der Waals surface area contributed by atoms with E-state index in [-0.39, 0.29) is 86.0 Å². The number of allylic oxidation sites excluding steroid dienone is 1. The third-order valence-corrected chi connectivity index (χ3v) is 9.07. The van der Waals surface area contributed by atoms with Crippen molar-refractivity contribution in [2.45, 2.75) is 24.1 Å². The van der Waals surface area contributed by atoms with Crippen molar-refractivity contribution in [1.29, 1.82) is 0 Å². The number of imide groups is 5. The van der Waals surface area contributed by atoms with Gasteiger partial charge < -0.3 is 31.1 Å². The topological polar surface area (TPSA) is 405 Å². The number of nitrogens with zero attached hydrogens (tertiary/aromatic N) is 13. The van der Waals surface area contributed by atoms with Crippen LogP contribution in [0.4, 0.5) is 25.1 Å². The molecule has 1 aromatic heterocycles. The maximum atomic E-state index is 11.3. The second-order valence-corrected chi connectivity index (χ2v) is 14.6. The summed E-state index contributed by atoms with van der Waals surface area (Å²) in [5, 5.41) is 36.0. The molecule has 6 rings (SSSR count). The van der Waals surface area contributed by atoms with Gasteiger partial charge in [0.2, 0.25) is 48.5 Å². The number of alkyl halides is 1. The highest BCUT2D eigenvalue weighted by Gasteiger charge is 2.29. The molecule has 14 amide bonds. The number of Topliss-reactive ketones (excluding diaryl/α,β-unsaturated/α-hetero) is 2. The van der Waals surface area contributed by atoms with Gasteiger partial charge in [0.25, 0.3) is 0 Å². The molecule has 1 unspecified atom stereocenters. The van der Waals surface area contributed by atoms with Crippen LogP contribution in [0.5, 0.6) is 0 Å². The van der Waals surface area contributed by atoms with Gasteiger partial charge in [0.1, 0.15) is 31.1 Å². The Morgan fingerprint density at radius 3 is 1.53 bits per heavy atom. The van der Waals surface area contributed by atoms with E-state index in [2.05, 4.69) is 67.0 Å². The third kappa shape index (κ3) is 21.9. The van der Waals surface area contributed by atoms with E-state index in [0.717, 1.165) is 67.2 Å². The molecule has 0 bridgehead atoms. The van der Waals surface area contributed by atoms with Gasteiger partial charge in [-0.15, -0.1) is 0 Å². The molecule has 0 saturated carbocycles. The molecule has 4 N–H and O–H groups in total. The second kappa shape index (κ2) is 31.1. The summed E-state index contributed by atoms with van der Waals surface area (Å²) in [5.41, 5.74) is 0. The molecule has 33 nitrogen and oxygen atoms in total. The molecule has 36 heteroatoms. The molecule has 72 heavy (non-hydrogen) atoms. The van der Waals surface area contributed by atoms with E-state index in [1.165, 1.54) is 6.07 Å². The van der Waals surface area contributed by atoms with Crippen molar-refractivity contribution in [3.05, 3.63) is 74.5 Å². The van der Waals surface area contributed by atoms with Crippen LogP contribution in [0.15, 0.2) is 49.2 Å². The van der Waals surface area contributed by atoms with Crippen LogP contribution in [0.2, 0.25) is 0 Å². The summed E-state index contributed by atoms with van der Waals surface area (Å²) in [6.45, 7) is 18.7. The van der Waals surface area contributed by atoms with Crippen LogP contribution < -0.4 is 38.2 Å². The first-order valence-electron chi connectivity index (χ1n) is 18.9. The molecule has 5 aliphatic heterocycles. The molecule has 0 aliphatic carbocycles. The van der Waals surface area contributed by atoms with Crippen molar-refractivity contribution in [2.24, 2.45) is 20.4 Å². The molecule has 0 spiro atoms. The Kier molecular flexibility index (Phi) is 26.3. The van der Waals surface area contributed by atoms with Gasteiger partial charge in [-0.1, -0.05) is 15.9 Å². The highest BCUT2D eigenvalue weighted by atomic mass is 79.9. The predicted octanol–water partition coefficient (Wildman–Crippen LogP) is -3.77. The number of furan rings is 1. The minimum Gasteiger partial charge on any atom is -1.00 e. The lowest BCUT2D eigenvalue weighted by atomic mass is 10.3. The number of hydrazone groups is 4. The minimum absolute atomic E-state index is 0. The molecule has 0 radical (unpaired) electrons. The SMILES string of the molecule is O=C1CCC(=O)N1Br.O=C1CN(/N=C/c2ccc([N+](=O)[O-])o2)C(=O)N1.[Br-].[C-]#[N+]C=CC(=O)/C=N/N1CC(=O)NC1=O.[C-]#[N+]CC(Br)C(=O)/C=N/N1CC(=O)NC1=O.[C-]#[N+]CCC(=O)/C=N/N1CC(=O)NC1=O. The lowest BCUT2D eigenvalue weighted by Crippen LogP contribution is -3.00. The van der Waals surface area contributed by atoms with Crippen LogP contribution in [0, 0.1) is 29.8 Å². The van der Waals surface area contributed by atoms with Gasteiger partial charge in [-0.05, 0) is 12.1 Å². The first kappa shape index (κ1) is 60.9. The van der Waals surface area contributed by atoms with Crippen molar-refractivity contribution in [2.75, 3.05) is 39.3 Å². The fourth-order valence-corrected chi connectivity index (χ4v) is 4.92. The smallest absolute Gasteiger partial charge is 0.433 e. The fraction of sp³-hybridized carbons (Fsp3) is 0.278. The number of carbonyl (C=O) groups excluding carboxylic acids is 13. The van der Waals surface area contributed by atoms with Crippen molar-refractivity contribution in [3.8, 4) is 0 Å². The lowest BCUT2D eigenvalue weighted by Gasteiger charge is -2.03. The zero-order valence-electron chi connectivity index (χ0n) is 36.0. The summed E-state index contributed by atoms with van der Waals surface area (Å²) in [7, 11) is 0. The third-order valence-electron chi connectivity index (χ3n) is 7.54. The van der Waals surface area contributed by atoms with Gasteiger partial charge in [0.05, 0.1) is 60.1 Å². The molecule has 5 aliphatic rings. The molecule has 0 aromatic carbocycles. The summed E-state index contributed by atoms with van der Waals surface area (Å²) >= 11 is 5.80. The van der Waals surface area contributed by atoms with Crippen molar-refractivity contribution >= 4 is 140 Å². The number of hydrogen-bond acceptors (Lipinski definition) is 20. The lowest BCUT2D eigenvalue weighted by molar-refractivity contribution is -0.402. The summed E-state index contributed by atoms with van der Waals surface area (Å²) in [4.78, 5) is 159. The number of nitrogens with one attached hydrogen (secondary N) is 4. The van der Waals surface area contributed by atoms with Gasteiger partial charge in [0.15, 0.2) is 34.1 Å². The van der Waals surface area contributed by atoms with Gasteiger partial charge in [-0.25, -0.2) is 61.1 Å². The van der Waals surface area contributed by atoms with E-state index >= 15 is 0 Å². The minimum atomic E-state index is -0.691. The molecule has 5 saturated heterocycles. The van der Waals surface area contributed by atoms with E-state index in [4.69, 9.17) is 24.1 Å². The van der Waals surface area contributed by atoms with E-state index in [1.54, 1.807) is 0 Å². The Bertz CT molecular complexity index is 2630. The molecule has 6 heterocycles. The average molecular weight is 1200 g/mol. The number of nitro groups is 1. The summed E-state index contributed by atoms with van der Waals surface area (Å²) in [6, 6.07) is -0.126. The Hall–Kier alpha value is -9.08. The molecule has 5 fully saturated rings. The zero-order chi connectivity index (χ0) is 53.2. The average Bonchev–Trinajstić information content (AvgIpc) is 4.18. The highest BCUT2D eigenvalue weighted by Crippen LogP contribution is 2.15. The standard InChI is InChI=1S/C8H7BrN4O3.C8H6N4O5.C8H8N4O3.C8H6N4O3.C4H4BrNO2.BrH/c1-10-2-5(9)6(14)3-11-13-4-7(15)12-8(13)16;13-6-4-11(8(14)10-6)9-3-5-1-2-7(17-5)12(15)16;2*1-9-3-2-6(13)4-10-12-5-7(14)11-8(12)15;5-6-3(7)1-2-4(6)8;/h3,5H,2,4H2,(H,12,15,16);1-3H,4H2,(H,10,13,14);4H,2-3,5H2,(H,11,14,15);2-4H,5H2,(H,11,14,15);1-2H2;1H/p-1/b11-3+;9-3+;10-4+;3-2?,10-4+;;. The number of ketones is 3. The van der Waals surface area contributed by atoms with Crippen LogP contribution in [-0.2, 0) is 43.2 Å². The van der Waals surface area contributed by atoms with Crippen LogP contribution in [0.1, 0.15) is 25.0 Å². The largest absolute Gasteiger partial charge is 1.00 e.